The van der Waals surface area contributed by atoms with Crippen LogP contribution in [0, 0.1) is 0 Å². The van der Waals surface area contributed by atoms with Crippen LogP contribution in [0.15, 0.2) is 12.1 Å². The molecule has 182 valence electrons. The van der Waals surface area contributed by atoms with Gasteiger partial charge in [0.2, 0.25) is 0 Å². The molecule has 0 amide bonds. The van der Waals surface area contributed by atoms with E-state index in [0.717, 1.165) is 72.9 Å². The van der Waals surface area contributed by atoms with Gasteiger partial charge in [-0.3, -0.25) is 0 Å². The molecule has 1 aromatic heterocycles. The molecule has 2 heterocycles. The van der Waals surface area contributed by atoms with Gasteiger partial charge in [0, 0.05) is 41.5 Å². The van der Waals surface area contributed by atoms with Crippen molar-refractivity contribution in [1.29, 1.82) is 0 Å². The fourth-order valence-corrected chi connectivity index (χ4v) is 5.65. The van der Waals surface area contributed by atoms with Crippen molar-refractivity contribution < 1.29 is 0 Å². The molecule has 33 heavy (non-hydrogen) atoms. The summed E-state index contributed by atoms with van der Waals surface area (Å²) < 4.78 is 0. The lowest BCUT2D eigenvalue weighted by Gasteiger charge is -2.35. The fraction of sp³-hybridized carbons (Fsp3) is 0.704. The van der Waals surface area contributed by atoms with Crippen molar-refractivity contribution in [2.45, 2.75) is 89.6 Å². The summed E-state index contributed by atoms with van der Waals surface area (Å²) >= 11 is 6.77. The molecule has 1 N–H and O–H groups in total. The van der Waals surface area contributed by atoms with Crippen LogP contribution in [0.3, 0.4) is 0 Å². The average Bonchev–Trinajstić information content (AvgIpc) is 2.80. The minimum absolute atomic E-state index is 0.454. The molecule has 1 saturated heterocycles. The summed E-state index contributed by atoms with van der Waals surface area (Å²) in [5, 5.41) is 5.74. The maximum atomic E-state index is 6.77. The Morgan fingerprint density at radius 2 is 1.79 bits per heavy atom. The van der Waals surface area contributed by atoms with Gasteiger partial charge in [-0.1, -0.05) is 30.9 Å². The van der Waals surface area contributed by atoms with Crippen molar-refractivity contribution in [3.63, 3.8) is 0 Å². The first-order valence-electron chi connectivity index (χ1n) is 13.1. The Kier molecular flexibility index (Phi) is 8.48. The van der Waals surface area contributed by atoms with Gasteiger partial charge in [0.15, 0.2) is 0 Å². The van der Waals surface area contributed by atoms with Crippen LogP contribution in [0.5, 0.6) is 0 Å². The number of nitrogens with zero attached hydrogens (tertiary/aromatic N) is 4. The monoisotopic (exact) mass is 471 g/mol. The third kappa shape index (κ3) is 6.37. The molecule has 0 atom stereocenters. The number of aryl methyl sites for hydroxylation is 1. The van der Waals surface area contributed by atoms with Gasteiger partial charge in [-0.25, -0.2) is 9.97 Å². The van der Waals surface area contributed by atoms with Gasteiger partial charge >= 0.3 is 0 Å². The number of benzene rings is 1. The molecule has 0 spiro atoms. The lowest BCUT2D eigenvalue weighted by Crippen LogP contribution is -2.42. The van der Waals surface area contributed by atoms with Crippen molar-refractivity contribution in [1.82, 2.24) is 19.8 Å². The second-order valence-corrected chi connectivity index (χ2v) is 11.1. The number of aromatic nitrogens is 2. The van der Waals surface area contributed by atoms with Gasteiger partial charge in [-0.15, -0.1) is 0 Å². The maximum absolute atomic E-state index is 6.77. The largest absolute Gasteiger partial charge is 0.367 e. The molecule has 6 heteroatoms. The zero-order valence-corrected chi connectivity index (χ0v) is 21.8. The Morgan fingerprint density at radius 3 is 2.45 bits per heavy atom. The molecule has 2 aromatic rings. The van der Waals surface area contributed by atoms with Crippen molar-refractivity contribution in [2.24, 2.45) is 0 Å². The van der Waals surface area contributed by atoms with Crippen LogP contribution < -0.4 is 5.32 Å². The van der Waals surface area contributed by atoms with Gasteiger partial charge < -0.3 is 15.1 Å². The third-order valence-electron chi connectivity index (χ3n) is 7.50. The van der Waals surface area contributed by atoms with E-state index in [4.69, 9.17) is 21.6 Å². The Labute approximate surface area is 205 Å². The molecule has 2 aliphatic rings. The maximum Gasteiger partial charge on any atom is 0.137 e. The predicted molar refractivity (Wildman–Crippen MR) is 141 cm³/mol. The summed E-state index contributed by atoms with van der Waals surface area (Å²) in [6, 6.07) is 5.41. The number of hydrogen-bond donors (Lipinski definition) is 1. The number of likely N-dealkylation sites (tertiary alicyclic amines) is 1. The quantitative estimate of drug-likeness (QED) is 0.503. The van der Waals surface area contributed by atoms with E-state index in [2.05, 4.69) is 55.2 Å². The second kappa shape index (κ2) is 11.3. The molecule has 2 fully saturated rings. The number of rotatable bonds is 8. The molecule has 1 aromatic carbocycles. The molecular weight excluding hydrogens is 430 g/mol. The van der Waals surface area contributed by atoms with Crippen molar-refractivity contribution in [2.75, 3.05) is 39.0 Å². The fourth-order valence-electron chi connectivity index (χ4n) is 5.39. The molecule has 0 bridgehead atoms. The molecule has 1 aliphatic heterocycles. The van der Waals surface area contributed by atoms with E-state index in [9.17, 15) is 0 Å². The van der Waals surface area contributed by atoms with E-state index < -0.39 is 0 Å². The number of hydrogen-bond acceptors (Lipinski definition) is 5. The molecular formula is C27H42ClN5. The SMILES string of the molecule is CC(C)N1CCC(Nc2nc(C3CCCCC3)nc3cc(CCCN(C)C)c(Cl)cc23)CC1. The summed E-state index contributed by atoms with van der Waals surface area (Å²) in [5.41, 5.74) is 2.26. The minimum Gasteiger partial charge on any atom is -0.367 e. The number of fused-ring (bicyclic) bond motifs is 1. The van der Waals surface area contributed by atoms with E-state index in [-0.39, 0.29) is 0 Å². The number of nitrogens with one attached hydrogen (secondary N) is 1. The van der Waals surface area contributed by atoms with Gasteiger partial charge in [-0.05, 0) is 90.7 Å². The van der Waals surface area contributed by atoms with Gasteiger partial charge in [0.25, 0.3) is 0 Å². The number of anilines is 1. The smallest absolute Gasteiger partial charge is 0.137 e. The van der Waals surface area contributed by atoms with E-state index >= 15 is 0 Å². The summed E-state index contributed by atoms with van der Waals surface area (Å²) in [7, 11) is 4.24. The van der Waals surface area contributed by atoms with E-state index in [1.54, 1.807) is 0 Å². The number of piperidine rings is 1. The lowest BCUT2D eigenvalue weighted by molar-refractivity contribution is 0.177. The zero-order valence-electron chi connectivity index (χ0n) is 21.0. The Hall–Kier alpha value is -1.43. The normalized spacial score (nSPS) is 19.1. The highest BCUT2D eigenvalue weighted by Crippen LogP contribution is 2.35. The van der Waals surface area contributed by atoms with Crippen LogP contribution in [-0.2, 0) is 6.42 Å². The Balaban J connectivity index is 1.62. The summed E-state index contributed by atoms with van der Waals surface area (Å²) in [4.78, 5) is 15.0. The topological polar surface area (TPSA) is 44.3 Å². The molecule has 4 rings (SSSR count). The lowest BCUT2D eigenvalue weighted by atomic mass is 9.88. The third-order valence-corrected chi connectivity index (χ3v) is 7.86. The van der Waals surface area contributed by atoms with Crippen LogP contribution in [0.25, 0.3) is 10.9 Å². The molecule has 0 radical (unpaired) electrons. The number of halogens is 1. The highest BCUT2D eigenvalue weighted by molar-refractivity contribution is 6.32. The first-order chi connectivity index (χ1) is 15.9. The standard InChI is InChI=1S/C27H42ClN5/c1-19(2)33-15-12-22(13-16-33)29-27-23-18-24(28)21(11-8-14-32(3)4)17-25(23)30-26(31-27)20-9-6-5-7-10-20/h17-20,22H,5-16H2,1-4H3,(H,29,30,31). The summed E-state index contributed by atoms with van der Waals surface area (Å²) in [5.74, 6) is 2.51. The predicted octanol–water partition coefficient (Wildman–Crippen LogP) is 6.11. The van der Waals surface area contributed by atoms with Crippen molar-refractivity contribution in [3.8, 4) is 0 Å². The summed E-state index contributed by atoms with van der Waals surface area (Å²) in [6.45, 7) is 7.93. The Morgan fingerprint density at radius 1 is 1.06 bits per heavy atom. The Bertz CT molecular complexity index is 914. The van der Waals surface area contributed by atoms with Gasteiger partial charge in [0.1, 0.15) is 11.6 Å². The van der Waals surface area contributed by atoms with Gasteiger partial charge in [0.05, 0.1) is 5.52 Å². The molecule has 5 nitrogen and oxygen atoms in total. The molecule has 1 aliphatic carbocycles. The van der Waals surface area contributed by atoms with Crippen molar-refractivity contribution >= 4 is 28.3 Å². The zero-order chi connectivity index (χ0) is 23.4. The molecule has 0 unspecified atom stereocenters. The first-order valence-corrected chi connectivity index (χ1v) is 13.4. The van der Waals surface area contributed by atoms with Gasteiger partial charge in [-0.2, -0.15) is 0 Å². The van der Waals surface area contributed by atoms with E-state index in [0.29, 0.717) is 18.0 Å². The first kappa shape index (κ1) is 24.7. The van der Waals surface area contributed by atoms with Crippen LogP contribution in [-0.4, -0.2) is 65.6 Å². The van der Waals surface area contributed by atoms with E-state index in [1.165, 1.54) is 37.7 Å². The average molecular weight is 472 g/mol. The van der Waals surface area contributed by atoms with Crippen molar-refractivity contribution in [3.05, 3.63) is 28.5 Å². The van der Waals surface area contributed by atoms with E-state index in [1.807, 2.05) is 0 Å². The highest BCUT2D eigenvalue weighted by Gasteiger charge is 2.24. The highest BCUT2D eigenvalue weighted by atomic mass is 35.5. The van der Waals surface area contributed by atoms with Crippen LogP contribution >= 0.6 is 11.6 Å². The van der Waals surface area contributed by atoms with Crippen LogP contribution in [0.4, 0.5) is 5.82 Å². The minimum atomic E-state index is 0.454. The van der Waals surface area contributed by atoms with Crippen LogP contribution in [0.2, 0.25) is 5.02 Å². The molecule has 1 saturated carbocycles. The second-order valence-electron chi connectivity index (χ2n) is 10.7. The van der Waals surface area contributed by atoms with Crippen LogP contribution in [0.1, 0.15) is 82.5 Å². The summed E-state index contributed by atoms with van der Waals surface area (Å²) in [6.07, 6.45) is 10.7.